The highest BCUT2D eigenvalue weighted by atomic mass is 32.1. The maximum atomic E-state index is 12.8. The van der Waals surface area contributed by atoms with Crippen molar-refractivity contribution in [2.75, 3.05) is 26.2 Å². The Morgan fingerprint density at radius 3 is 2.26 bits per heavy atom. The maximum absolute atomic E-state index is 12.8. The molecular formula is C15H21N5O2S. The molecule has 0 aromatic carbocycles. The van der Waals surface area contributed by atoms with E-state index in [4.69, 9.17) is 0 Å². The Labute approximate surface area is 138 Å². The molecule has 0 bridgehead atoms. The van der Waals surface area contributed by atoms with Gasteiger partial charge >= 0.3 is 0 Å². The normalized spacial score (nSPS) is 15.7. The molecule has 1 saturated heterocycles. The van der Waals surface area contributed by atoms with Gasteiger partial charge in [0, 0.05) is 44.7 Å². The summed E-state index contributed by atoms with van der Waals surface area (Å²) in [4.78, 5) is 29.3. The van der Waals surface area contributed by atoms with E-state index in [1.165, 1.54) is 11.3 Å². The van der Waals surface area contributed by atoms with Crippen LogP contribution in [0.2, 0.25) is 0 Å². The highest BCUT2D eigenvalue weighted by Crippen LogP contribution is 2.27. The number of hydrogen-bond donors (Lipinski definition) is 0. The van der Waals surface area contributed by atoms with Crippen molar-refractivity contribution in [3.05, 3.63) is 16.4 Å². The molecule has 0 radical (unpaired) electrons. The first-order valence-electron chi connectivity index (χ1n) is 7.79. The number of amides is 2. The van der Waals surface area contributed by atoms with E-state index < -0.39 is 0 Å². The molecular weight excluding hydrogens is 314 g/mol. The van der Waals surface area contributed by atoms with Gasteiger partial charge in [0.25, 0.3) is 5.91 Å². The molecule has 3 heterocycles. The first-order valence-corrected chi connectivity index (χ1v) is 8.61. The van der Waals surface area contributed by atoms with Crippen LogP contribution in [0.25, 0.3) is 4.96 Å². The van der Waals surface area contributed by atoms with Gasteiger partial charge in [-0.25, -0.2) is 0 Å². The molecule has 1 aliphatic rings. The molecule has 8 heteroatoms. The zero-order valence-electron chi connectivity index (χ0n) is 13.9. The van der Waals surface area contributed by atoms with Gasteiger partial charge in [0.2, 0.25) is 10.9 Å². The van der Waals surface area contributed by atoms with E-state index in [1.807, 2.05) is 16.2 Å². The SMILES string of the molecule is CC(=O)N1CCN(C(=O)c2sc3nnc(C(C)C)n3c2C)CC1. The third-order valence-corrected chi connectivity index (χ3v) is 5.36. The Morgan fingerprint density at radius 1 is 1.09 bits per heavy atom. The van der Waals surface area contributed by atoms with Crippen LogP contribution >= 0.6 is 11.3 Å². The van der Waals surface area contributed by atoms with Crippen molar-refractivity contribution < 1.29 is 9.59 Å². The Bertz CT molecular complexity index is 755. The van der Waals surface area contributed by atoms with Gasteiger partial charge in [0.05, 0.1) is 0 Å². The molecule has 124 valence electrons. The van der Waals surface area contributed by atoms with E-state index in [1.54, 1.807) is 11.8 Å². The average Bonchev–Trinajstić information content (AvgIpc) is 3.07. The smallest absolute Gasteiger partial charge is 0.265 e. The molecule has 3 rings (SSSR count). The van der Waals surface area contributed by atoms with Crippen LogP contribution in [0, 0.1) is 6.92 Å². The van der Waals surface area contributed by atoms with Crippen molar-refractivity contribution >= 4 is 28.1 Å². The van der Waals surface area contributed by atoms with E-state index in [0.29, 0.717) is 31.1 Å². The first-order chi connectivity index (χ1) is 10.9. The monoisotopic (exact) mass is 335 g/mol. The van der Waals surface area contributed by atoms with Crippen LogP contribution in [0.15, 0.2) is 0 Å². The molecule has 0 N–H and O–H groups in total. The average molecular weight is 335 g/mol. The third-order valence-electron chi connectivity index (χ3n) is 4.24. The lowest BCUT2D eigenvalue weighted by molar-refractivity contribution is -0.130. The number of rotatable bonds is 2. The summed E-state index contributed by atoms with van der Waals surface area (Å²) in [6.45, 7) is 9.99. The number of fused-ring (bicyclic) bond motifs is 1. The molecule has 0 unspecified atom stereocenters. The predicted octanol–water partition coefficient (Wildman–Crippen LogP) is 1.53. The minimum atomic E-state index is 0.0240. The lowest BCUT2D eigenvalue weighted by Gasteiger charge is -2.34. The summed E-state index contributed by atoms with van der Waals surface area (Å²) in [6.07, 6.45) is 0. The maximum Gasteiger partial charge on any atom is 0.265 e. The van der Waals surface area contributed by atoms with Crippen molar-refractivity contribution in [2.45, 2.75) is 33.6 Å². The molecule has 1 aliphatic heterocycles. The highest BCUT2D eigenvalue weighted by Gasteiger charge is 2.27. The summed E-state index contributed by atoms with van der Waals surface area (Å²) in [7, 11) is 0. The number of piperazine rings is 1. The standard InChI is InChI=1S/C15H21N5O2S/c1-9(2)13-16-17-15-20(13)10(3)12(23-15)14(22)19-7-5-18(6-8-19)11(4)21/h9H,5-8H2,1-4H3. The molecule has 23 heavy (non-hydrogen) atoms. The number of carbonyl (C=O) groups is 2. The fraction of sp³-hybridized carbons (Fsp3) is 0.600. The molecule has 1 fully saturated rings. The molecule has 0 aliphatic carbocycles. The van der Waals surface area contributed by atoms with Crippen LogP contribution in [-0.4, -0.2) is 62.4 Å². The zero-order valence-corrected chi connectivity index (χ0v) is 14.7. The summed E-state index contributed by atoms with van der Waals surface area (Å²) in [5.74, 6) is 1.22. The fourth-order valence-electron chi connectivity index (χ4n) is 2.87. The second-order valence-electron chi connectivity index (χ2n) is 6.15. The molecule has 0 saturated carbocycles. The van der Waals surface area contributed by atoms with Crippen molar-refractivity contribution in [1.82, 2.24) is 24.4 Å². The molecule has 0 atom stereocenters. The zero-order chi connectivity index (χ0) is 16.7. The topological polar surface area (TPSA) is 70.8 Å². The summed E-state index contributed by atoms with van der Waals surface area (Å²) < 4.78 is 1.98. The van der Waals surface area contributed by atoms with Crippen LogP contribution in [0.3, 0.4) is 0 Å². The second kappa shape index (κ2) is 5.92. The van der Waals surface area contributed by atoms with Crippen LogP contribution in [0.5, 0.6) is 0 Å². The van der Waals surface area contributed by atoms with Gasteiger partial charge in [-0.1, -0.05) is 25.2 Å². The van der Waals surface area contributed by atoms with E-state index >= 15 is 0 Å². The minimum absolute atomic E-state index is 0.0240. The summed E-state index contributed by atoms with van der Waals surface area (Å²) >= 11 is 1.39. The number of thiazole rings is 1. The second-order valence-corrected chi connectivity index (χ2v) is 7.12. The van der Waals surface area contributed by atoms with Gasteiger partial charge in [-0.2, -0.15) is 0 Å². The molecule has 2 aromatic rings. The Hall–Kier alpha value is -1.96. The lowest BCUT2D eigenvalue weighted by atomic mass is 10.2. The molecule has 7 nitrogen and oxygen atoms in total. The quantitative estimate of drug-likeness (QED) is 0.834. The van der Waals surface area contributed by atoms with Gasteiger partial charge in [-0.05, 0) is 6.92 Å². The van der Waals surface area contributed by atoms with E-state index in [-0.39, 0.29) is 17.7 Å². The lowest BCUT2D eigenvalue weighted by Crippen LogP contribution is -2.50. The largest absolute Gasteiger partial charge is 0.339 e. The van der Waals surface area contributed by atoms with E-state index in [2.05, 4.69) is 24.0 Å². The number of aromatic nitrogens is 3. The van der Waals surface area contributed by atoms with Crippen LogP contribution in [0.1, 0.15) is 47.9 Å². The predicted molar refractivity (Wildman–Crippen MR) is 87.8 cm³/mol. The van der Waals surface area contributed by atoms with Crippen molar-refractivity contribution in [3.8, 4) is 0 Å². The first kappa shape index (κ1) is 15.9. The Morgan fingerprint density at radius 2 is 1.70 bits per heavy atom. The molecule has 2 aromatic heterocycles. The van der Waals surface area contributed by atoms with Crippen molar-refractivity contribution in [1.29, 1.82) is 0 Å². The van der Waals surface area contributed by atoms with Gasteiger partial charge in [-0.3, -0.25) is 14.0 Å². The van der Waals surface area contributed by atoms with Gasteiger partial charge in [0.15, 0.2) is 0 Å². The number of nitrogens with zero attached hydrogens (tertiary/aromatic N) is 5. The number of aryl methyl sites for hydroxylation is 1. The highest BCUT2D eigenvalue weighted by molar-refractivity contribution is 7.19. The summed E-state index contributed by atoms with van der Waals surface area (Å²) in [5, 5.41) is 8.40. The Kier molecular flexibility index (Phi) is 4.09. The van der Waals surface area contributed by atoms with Crippen LogP contribution < -0.4 is 0 Å². The summed E-state index contributed by atoms with van der Waals surface area (Å²) in [6, 6.07) is 0. The molecule has 0 spiro atoms. The van der Waals surface area contributed by atoms with Crippen LogP contribution in [0.4, 0.5) is 0 Å². The van der Waals surface area contributed by atoms with Crippen molar-refractivity contribution in [3.63, 3.8) is 0 Å². The fourth-order valence-corrected chi connectivity index (χ4v) is 3.91. The molecule has 2 amide bonds. The van der Waals surface area contributed by atoms with Gasteiger partial charge in [0.1, 0.15) is 10.7 Å². The van der Waals surface area contributed by atoms with E-state index in [9.17, 15) is 9.59 Å². The van der Waals surface area contributed by atoms with Crippen molar-refractivity contribution in [2.24, 2.45) is 0 Å². The number of hydrogen-bond acceptors (Lipinski definition) is 5. The van der Waals surface area contributed by atoms with Gasteiger partial charge in [-0.15, -0.1) is 10.2 Å². The number of carbonyl (C=O) groups excluding carboxylic acids is 2. The minimum Gasteiger partial charge on any atom is -0.339 e. The summed E-state index contributed by atoms with van der Waals surface area (Å²) in [5.41, 5.74) is 0.901. The van der Waals surface area contributed by atoms with E-state index in [0.717, 1.165) is 16.5 Å². The Balaban J connectivity index is 1.85. The van der Waals surface area contributed by atoms with Crippen LogP contribution in [-0.2, 0) is 4.79 Å². The third kappa shape index (κ3) is 2.71. The van der Waals surface area contributed by atoms with Gasteiger partial charge < -0.3 is 9.80 Å².